The first kappa shape index (κ1) is 18.2. The smallest absolute Gasteiger partial charge is 0.416 e. The minimum Gasteiger partial charge on any atom is -0.497 e. The fraction of sp³-hybridized carbons (Fsp3) is 0.222. The first-order chi connectivity index (χ1) is 12.4. The lowest BCUT2D eigenvalue weighted by molar-refractivity contribution is -0.137. The lowest BCUT2D eigenvalue weighted by Gasteiger charge is -2.08. The predicted molar refractivity (Wildman–Crippen MR) is 94.5 cm³/mol. The summed E-state index contributed by atoms with van der Waals surface area (Å²) in [7, 11) is 1.61. The van der Waals surface area contributed by atoms with Crippen molar-refractivity contribution in [1.29, 1.82) is 0 Å². The largest absolute Gasteiger partial charge is 0.497 e. The van der Waals surface area contributed by atoms with Crippen LogP contribution in [0.5, 0.6) is 5.75 Å². The Morgan fingerprint density at radius 2 is 1.85 bits per heavy atom. The third kappa shape index (κ3) is 4.72. The molecule has 0 aliphatic heterocycles. The number of hydrogen-bond donors (Lipinski definition) is 1. The van der Waals surface area contributed by atoms with Crippen molar-refractivity contribution < 1.29 is 17.9 Å². The van der Waals surface area contributed by atoms with E-state index in [2.05, 4.69) is 14.7 Å². The highest BCUT2D eigenvalue weighted by Gasteiger charge is 2.30. The van der Waals surface area contributed by atoms with E-state index in [-0.39, 0.29) is 6.54 Å². The third-order valence-electron chi connectivity index (χ3n) is 3.66. The van der Waals surface area contributed by atoms with Crippen molar-refractivity contribution in [3.05, 3.63) is 71.0 Å². The van der Waals surface area contributed by atoms with Crippen molar-refractivity contribution in [1.82, 2.24) is 9.36 Å². The molecule has 2 aromatic carbocycles. The Hall–Kier alpha value is -2.61. The third-order valence-corrected chi connectivity index (χ3v) is 4.37. The molecular formula is C18H16F3N3OS. The molecule has 3 rings (SSSR count). The zero-order valence-electron chi connectivity index (χ0n) is 13.9. The summed E-state index contributed by atoms with van der Waals surface area (Å²) in [5.74, 6) is 1.41. The average Bonchev–Trinajstić information content (AvgIpc) is 3.07. The van der Waals surface area contributed by atoms with E-state index in [0.717, 1.165) is 23.4 Å². The summed E-state index contributed by atoms with van der Waals surface area (Å²) in [5.41, 5.74) is 0.892. The maximum atomic E-state index is 12.7. The van der Waals surface area contributed by atoms with Crippen LogP contribution in [-0.4, -0.2) is 16.5 Å². The summed E-state index contributed by atoms with van der Waals surface area (Å²) in [4.78, 5) is 4.38. The highest BCUT2D eigenvalue weighted by atomic mass is 32.1. The van der Waals surface area contributed by atoms with Gasteiger partial charge in [0.15, 0.2) is 0 Å². The maximum Gasteiger partial charge on any atom is 0.416 e. The molecule has 0 saturated heterocycles. The van der Waals surface area contributed by atoms with Gasteiger partial charge in [-0.3, -0.25) is 0 Å². The average molecular weight is 379 g/mol. The fourth-order valence-electron chi connectivity index (χ4n) is 2.40. The first-order valence-corrected chi connectivity index (χ1v) is 8.57. The second-order valence-electron chi connectivity index (χ2n) is 5.60. The van der Waals surface area contributed by atoms with Crippen LogP contribution in [0.25, 0.3) is 0 Å². The number of nitrogens with zero attached hydrogens (tertiary/aromatic N) is 2. The molecule has 0 bridgehead atoms. The van der Waals surface area contributed by atoms with E-state index in [9.17, 15) is 13.2 Å². The molecule has 1 aromatic heterocycles. The van der Waals surface area contributed by atoms with Crippen molar-refractivity contribution in [2.45, 2.75) is 19.1 Å². The number of aromatic nitrogens is 2. The van der Waals surface area contributed by atoms with Crippen LogP contribution >= 0.6 is 11.5 Å². The van der Waals surface area contributed by atoms with E-state index >= 15 is 0 Å². The molecular weight excluding hydrogens is 363 g/mol. The van der Waals surface area contributed by atoms with Crippen molar-refractivity contribution in [2.75, 3.05) is 12.4 Å². The number of anilines is 1. The molecule has 0 saturated carbocycles. The fourth-order valence-corrected chi connectivity index (χ4v) is 2.98. The van der Waals surface area contributed by atoms with Crippen LogP contribution in [0, 0.1) is 0 Å². The highest BCUT2D eigenvalue weighted by molar-refractivity contribution is 7.09. The minimum absolute atomic E-state index is 0.248. The summed E-state index contributed by atoms with van der Waals surface area (Å²) in [5, 5.41) is 3.59. The molecule has 3 aromatic rings. The topological polar surface area (TPSA) is 47.0 Å². The molecule has 1 N–H and O–H groups in total. The standard InChI is InChI=1S/C18H16F3N3OS/c1-25-15-7-3-4-12(9-15)10-16-23-17(26-24-16)22-11-13-5-2-6-14(8-13)18(19,20)21/h2-9H,10-11H2,1H3,(H,22,23,24). The van der Waals surface area contributed by atoms with Crippen LogP contribution in [-0.2, 0) is 19.1 Å². The highest BCUT2D eigenvalue weighted by Crippen LogP contribution is 2.29. The molecule has 8 heteroatoms. The predicted octanol–water partition coefficient (Wildman–Crippen LogP) is 4.77. The monoisotopic (exact) mass is 379 g/mol. The van der Waals surface area contributed by atoms with Crippen LogP contribution in [0.1, 0.15) is 22.5 Å². The Labute approximate surface area is 152 Å². The molecule has 0 aliphatic carbocycles. The number of rotatable bonds is 6. The van der Waals surface area contributed by atoms with Gasteiger partial charge in [-0.15, -0.1) is 0 Å². The van der Waals surface area contributed by atoms with Gasteiger partial charge in [0.05, 0.1) is 12.7 Å². The molecule has 0 spiro atoms. The minimum atomic E-state index is -4.34. The van der Waals surface area contributed by atoms with E-state index in [4.69, 9.17) is 4.74 Å². The summed E-state index contributed by atoms with van der Waals surface area (Å²) < 4.78 is 47.7. The lowest BCUT2D eigenvalue weighted by atomic mass is 10.1. The van der Waals surface area contributed by atoms with Crippen molar-refractivity contribution in [3.63, 3.8) is 0 Å². The number of alkyl halides is 3. The second kappa shape index (κ2) is 7.74. The van der Waals surface area contributed by atoms with Gasteiger partial charge in [-0.05, 0) is 35.4 Å². The molecule has 0 atom stereocenters. The van der Waals surface area contributed by atoms with E-state index in [1.54, 1.807) is 13.2 Å². The van der Waals surface area contributed by atoms with Crippen LogP contribution in [0.3, 0.4) is 0 Å². The molecule has 26 heavy (non-hydrogen) atoms. The normalized spacial score (nSPS) is 11.4. The van der Waals surface area contributed by atoms with Gasteiger partial charge < -0.3 is 10.1 Å². The summed E-state index contributed by atoms with van der Waals surface area (Å²) in [6.07, 6.45) is -3.79. The first-order valence-electron chi connectivity index (χ1n) is 7.79. The summed E-state index contributed by atoms with van der Waals surface area (Å²) in [6.45, 7) is 0.248. The van der Waals surface area contributed by atoms with Crippen LogP contribution < -0.4 is 10.1 Å². The molecule has 0 fully saturated rings. The number of methoxy groups -OCH3 is 1. The molecule has 0 radical (unpaired) electrons. The zero-order valence-corrected chi connectivity index (χ0v) is 14.7. The van der Waals surface area contributed by atoms with Gasteiger partial charge in [0.2, 0.25) is 5.13 Å². The quantitative estimate of drug-likeness (QED) is 0.670. The zero-order chi connectivity index (χ0) is 18.6. The molecule has 0 aliphatic rings. The van der Waals surface area contributed by atoms with E-state index in [0.29, 0.717) is 22.9 Å². The molecule has 1 heterocycles. The van der Waals surface area contributed by atoms with Gasteiger partial charge in [-0.25, -0.2) is 4.98 Å². The Morgan fingerprint density at radius 3 is 2.62 bits per heavy atom. The van der Waals surface area contributed by atoms with Crippen molar-refractivity contribution >= 4 is 16.7 Å². The molecule has 4 nitrogen and oxygen atoms in total. The van der Waals surface area contributed by atoms with E-state index in [1.807, 2.05) is 24.3 Å². The molecule has 0 unspecified atom stereocenters. The van der Waals surface area contributed by atoms with E-state index in [1.165, 1.54) is 17.6 Å². The Bertz CT molecular complexity index is 880. The van der Waals surface area contributed by atoms with Crippen molar-refractivity contribution in [3.8, 4) is 5.75 Å². The lowest BCUT2D eigenvalue weighted by Crippen LogP contribution is -2.06. The summed E-state index contributed by atoms with van der Waals surface area (Å²) in [6, 6.07) is 12.9. The molecule has 0 amide bonds. The van der Waals surface area contributed by atoms with E-state index < -0.39 is 11.7 Å². The molecule has 136 valence electrons. The van der Waals surface area contributed by atoms with Gasteiger partial charge >= 0.3 is 6.18 Å². The van der Waals surface area contributed by atoms with Gasteiger partial charge in [0.25, 0.3) is 0 Å². The van der Waals surface area contributed by atoms with Crippen LogP contribution in [0.15, 0.2) is 48.5 Å². The number of benzene rings is 2. The maximum absolute atomic E-state index is 12.7. The number of halogens is 3. The van der Waals surface area contributed by atoms with Crippen molar-refractivity contribution in [2.24, 2.45) is 0 Å². The van der Waals surface area contributed by atoms with Gasteiger partial charge in [-0.2, -0.15) is 17.5 Å². The van der Waals surface area contributed by atoms with Gasteiger partial charge in [0, 0.05) is 24.5 Å². The van der Waals surface area contributed by atoms with Gasteiger partial charge in [0.1, 0.15) is 11.6 Å². The Balaban J connectivity index is 1.62. The van der Waals surface area contributed by atoms with Crippen LogP contribution in [0.2, 0.25) is 0 Å². The Kier molecular flexibility index (Phi) is 5.41. The summed E-state index contributed by atoms with van der Waals surface area (Å²) >= 11 is 1.18. The number of nitrogens with one attached hydrogen (secondary N) is 1. The van der Waals surface area contributed by atoms with Crippen LogP contribution in [0.4, 0.5) is 18.3 Å². The number of ether oxygens (including phenoxy) is 1. The van der Waals surface area contributed by atoms with Gasteiger partial charge in [-0.1, -0.05) is 24.3 Å². The SMILES string of the molecule is COc1cccc(Cc2nsc(NCc3cccc(C(F)(F)F)c3)n2)c1. The number of hydrogen-bond acceptors (Lipinski definition) is 5. The Morgan fingerprint density at radius 1 is 1.08 bits per heavy atom. The second-order valence-corrected chi connectivity index (χ2v) is 6.35.